The average molecular weight is 158 g/mol. The molecule has 1 N–H and O–H groups in total. The third kappa shape index (κ3) is 3.15. The highest BCUT2D eigenvalue weighted by molar-refractivity contribution is 5.86. The molecule has 1 amide bonds. The third-order valence-electron chi connectivity index (χ3n) is 1.22. The van der Waals surface area contributed by atoms with Crippen LogP contribution in [0, 0.1) is 0 Å². The second-order valence-electron chi connectivity index (χ2n) is 2.24. The van der Waals surface area contributed by atoms with Crippen LogP contribution in [-0.4, -0.2) is 48.3 Å². The lowest BCUT2D eigenvalue weighted by atomic mass is 10.5. The minimum Gasteiger partial charge on any atom is -0.394 e. The van der Waals surface area contributed by atoms with Gasteiger partial charge in [-0.05, 0) is 6.08 Å². The lowest BCUT2D eigenvalue weighted by Crippen LogP contribution is -2.42. The van der Waals surface area contributed by atoms with Gasteiger partial charge in [0.25, 0.3) is 5.91 Å². The maximum Gasteiger partial charge on any atom is 0.260 e. The molecular formula is C7H14N2O2. The number of hydrogen-bond donors (Lipinski definition) is 1. The number of hydrogen-bond acceptors (Lipinski definition) is 3. The van der Waals surface area contributed by atoms with Crippen LogP contribution in [0.3, 0.4) is 0 Å². The van der Waals surface area contributed by atoms with Gasteiger partial charge in [-0.25, -0.2) is 5.01 Å². The van der Waals surface area contributed by atoms with Crippen molar-refractivity contribution in [1.82, 2.24) is 10.0 Å². The monoisotopic (exact) mass is 158 g/mol. The van der Waals surface area contributed by atoms with Gasteiger partial charge in [0.2, 0.25) is 0 Å². The van der Waals surface area contributed by atoms with Gasteiger partial charge in [-0.1, -0.05) is 6.58 Å². The van der Waals surface area contributed by atoms with Gasteiger partial charge in [-0.2, -0.15) is 0 Å². The van der Waals surface area contributed by atoms with Crippen molar-refractivity contribution in [2.24, 2.45) is 0 Å². The first-order chi connectivity index (χ1) is 5.13. The number of rotatable bonds is 4. The SMILES string of the molecule is C=CC(=O)N(CCO)N(C)C. The van der Waals surface area contributed by atoms with E-state index in [1.165, 1.54) is 11.1 Å². The first-order valence-electron chi connectivity index (χ1n) is 3.35. The summed E-state index contributed by atoms with van der Waals surface area (Å²) in [5.41, 5.74) is 0. The molecular weight excluding hydrogens is 144 g/mol. The Morgan fingerprint density at radius 3 is 2.45 bits per heavy atom. The Morgan fingerprint density at radius 2 is 2.18 bits per heavy atom. The summed E-state index contributed by atoms with van der Waals surface area (Å²) in [6.45, 7) is 3.61. The van der Waals surface area contributed by atoms with Crippen LogP contribution in [0.4, 0.5) is 0 Å². The first kappa shape index (κ1) is 10.1. The van der Waals surface area contributed by atoms with Crippen LogP contribution in [-0.2, 0) is 4.79 Å². The largest absolute Gasteiger partial charge is 0.394 e. The van der Waals surface area contributed by atoms with Gasteiger partial charge < -0.3 is 5.11 Å². The number of carbonyl (C=O) groups excluding carboxylic acids is 1. The molecule has 0 aromatic rings. The molecule has 11 heavy (non-hydrogen) atoms. The van der Waals surface area contributed by atoms with E-state index in [0.29, 0.717) is 6.54 Å². The molecule has 0 atom stereocenters. The normalized spacial score (nSPS) is 9.82. The molecule has 0 fully saturated rings. The molecule has 0 spiro atoms. The molecule has 0 aliphatic heterocycles. The number of hydrazine groups is 1. The Labute approximate surface area is 66.7 Å². The number of aliphatic hydroxyl groups is 1. The molecule has 0 aromatic heterocycles. The molecule has 0 rings (SSSR count). The van der Waals surface area contributed by atoms with Crippen LogP contribution >= 0.6 is 0 Å². The number of carbonyl (C=O) groups is 1. The number of nitrogens with zero attached hydrogens (tertiary/aromatic N) is 2. The fraction of sp³-hybridized carbons (Fsp3) is 0.571. The van der Waals surface area contributed by atoms with Gasteiger partial charge in [-0.15, -0.1) is 0 Å². The van der Waals surface area contributed by atoms with Gasteiger partial charge in [-0.3, -0.25) is 9.80 Å². The van der Waals surface area contributed by atoms with Crippen molar-refractivity contribution in [3.63, 3.8) is 0 Å². The van der Waals surface area contributed by atoms with Crippen molar-refractivity contribution in [3.8, 4) is 0 Å². The molecule has 0 saturated carbocycles. The van der Waals surface area contributed by atoms with E-state index in [1.807, 2.05) is 0 Å². The van der Waals surface area contributed by atoms with Crippen LogP contribution in [0.5, 0.6) is 0 Å². The zero-order valence-corrected chi connectivity index (χ0v) is 6.95. The van der Waals surface area contributed by atoms with Gasteiger partial charge in [0.05, 0.1) is 13.2 Å². The van der Waals surface area contributed by atoms with E-state index >= 15 is 0 Å². The Balaban J connectivity index is 4.08. The average Bonchev–Trinajstić information content (AvgIpc) is 1.98. The highest BCUT2D eigenvalue weighted by Gasteiger charge is 2.10. The molecule has 0 aliphatic rings. The molecule has 0 aliphatic carbocycles. The van der Waals surface area contributed by atoms with Gasteiger partial charge in [0, 0.05) is 14.1 Å². The topological polar surface area (TPSA) is 43.8 Å². The standard InChI is InChI=1S/C7H14N2O2/c1-4-7(11)9(5-6-10)8(2)3/h4,10H,1,5-6H2,2-3H3. The van der Waals surface area contributed by atoms with E-state index in [-0.39, 0.29) is 12.5 Å². The van der Waals surface area contributed by atoms with E-state index in [4.69, 9.17) is 5.11 Å². The molecule has 0 unspecified atom stereocenters. The van der Waals surface area contributed by atoms with Crippen LogP contribution in [0.2, 0.25) is 0 Å². The van der Waals surface area contributed by atoms with Gasteiger partial charge >= 0.3 is 0 Å². The smallest absolute Gasteiger partial charge is 0.260 e. The molecule has 0 saturated heterocycles. The Morgan fingerprint density at radius 1 is 1.64 bits per heavy atom. The third-order valence-corrected chi connectivity index (χ3v) is 1.22. The maximum atomic E-state index is 11.0. The molecule has 0 heterocycles. The Bertz CT molecular complexity index is 145. The van der Waals surface area contributed by atoms with Crippen molar-refractivity contribution in [2.45, 2.75) is 0 Å². The summed E-state index contributed by atoms with van der Waals surface area (Å²) in [5.74, 6) is -0.205. The summed E-state index contributed by atoms with van der Waals surface area (Å²) < 4.78 is 0. The highest BCUT2D eigenvalue weighted by atomic mass is 16.3. The second-order valence-corrected chi connectivity index (χ2v) is 2.24. The molecule has 64 valence electrons. The number of amides is 1. The summed E-state index contributed by atoms with van der Waals surface area (Å²) in [7, 11) is 3.47. The predicted molar refractivity (Wildman–Crippen MR) is 42.7 cm³/mol. The zero-order valence-electron chi connectivity index (χ0n) is 6.95. The van der Waals surface area contributed by atoms with Crippen LogP contribution in [0.25, 0.3) is 0 Å². The van der Waals surface area contributed by atoms with Crippen molar-refractivity contribution in [3.05, 3.63) is 12.7 Å². The predicted octanol–water partition coefficient (Wildman–Crippen LogP) is -0.530. The van der Waals surface area contributed by atoms with Crippen molar-refractivity contribution >= 4 is 5.91 Å². The quantitative estimate of drug-likeness (QED) is 0.442. The number of aliphatic hydroxyl groups excluding tert-OH is 1. The fourth-order valence-electron chi connectivity index (χ4n) is 0.707. The van der Waals surface area contributed by atoms with Crippen LogP contribution in [0.15, 0.2) is 12.7 Å². The summed E-state index contributed by atoms with van der Waals surface area (Å²) in [6, 6.07) is 0. The van der Waals surface area contributed by atoms with E-state index < -0.39 is 0 Å². The summed E-state index contributed by atoms with van der Waals surface area (Å²) in [5, 5.41) is 11.6. The fourth-order valence-corrected chi connectivity index (χ4v) is 0.707. The molecule has 0 aromatic carbocycles. The van der Waals surface area contributed by atoms with Crippen LogP contribution in [0.1, 0.15) is 0 Å². The van der Waals surface area contributed by atoms with Crippen LogP contribution < -0.4 is 0 Å². The van der Waals surface area contributed by atoms with Gasteiger partial charge in [0.1, 0.15) is 0 Å². The van der Waals surface area contributed by atoms with Crippen molar-refractivity contribution < 1.29 is 9.90 Å². The Kier molecular flexibility index (Phi) is 4.49. The van der Waals surface area contributed by atoms with E-state index in [9.17, 15) is 4.79 Å². The Hall–Kier alpha value is -0.870. The summed E-state index contributed by atoms with van der Waals surface area (Å²) in [4.78, 5) is 11.0. The lowest BCUT2D eigenvalue weighted by molar-refractivity contribution is -0.139. The van der Waals surface area contributed by atoms with E-state index in [0.717, 1.165) is 0 Å². The molecule has 0 radical (unpaired) electrons. The molecule has 4 heteroatoms. The van der Waals surface area contributed by atoms with E-state index in [1.54, 1.807) is 19.1 Å². The molecule has 0 bridgehead atoms. The minimum atomic E-state index is -0.205. The van der Waals surface area contributed by atoms with E-state index in [2.05, 4.69) is 6.58 Å². The highest BCUT2D eigenvalue weighted by Crippen LogP contribution is 1.92. The lowest BCUT2D eigenvalue weighted by Gasteiger charge is -2.26. The summed E-state index contributed by atoms with van der Waals surface area (Å²) >= 11 is 0. The first-order valence-corrected chi connectivity index (χ1v) is 3.35. The van der Waals surface area contributed by atoms with Gasteiger partial charge in [0.15, 0.2) is 0 Å². The zero-order chi connectivity index (χ0) is 8.85. The van der Waals surface area contributed by atoms with Crippen molar-refractivity contribution in [2.75, 3.05) is 27.2 Å². The summed E-state index contributed by atoms with van der Waals surface area (Å²) in [6.07, 6.45) is 1.22. The minimum absolute atomic E-state index is 0.0439. The second kappa shape index (κ2) is 4.87. The molecule has 4 nitrogen and oxygen atoms in total. The van der Waals surface area contributed by atoms with Crippen molar-refractivity contribution in [1.29, 1.82) is 0 Å². The maximum absolute atomic E-state index is 11.0.